The van der Waals surface area contributed by atoms with E-state index >= 15 is 0 Å². The number of pyridine rings is 1. The SMILES string of the molecule is CCc1ccc(CN2C[C@@H]3[C@H](C2)n2cccc2C(=O)N3Cc2ccccn2)cc1. The summed E-state index contributed by atoms with van der Waals surface area (Å²) in [5.74, 6) is 0.107. The summed E-state index contributed by atoms with van der Waals surface area (Å²) in [6.45, 7) is 5.50. The Hall–Kier alpha value is -2.92. The van der Waals surface area contributed by atoms with Gasteiger partial charge in [0.15, 0.2) is 0 Å². The average molecular weight is 386 g/mol. The molecule has 0 bridgehead atoms. The van der Waals surface area contributed by atoms with E-state index in [0.29, 0.717) is 6.54 Å². The van der Waals surface area contributed by atoms with Gasteiger partial charge in [-0.2, -0.15) is 0 Å². The lowest BCUT2D eigenvalue weighted by Crippen LogP contribution is -2.49. The third-order valence-corrected chi connectivity index (χ3v) is 6.25. The van der Waals surface area contributed by atoms with Crippen LogP contribution < -0.4 is 0 Å². The Morgan fingerprint density at radius 1 is 0.931 bits per heavy atom. The molecule has 1 aromatic carbocycles. The van der Waals surface area contributed by atoms with Crippen LogP contribution in [-0.2, 0) is 19.5 Å². The van der Waals surface area contributed by atoms with E-state index in [2.05, 4.69) is 51.8 Å². The minimum atomic E-state index is 0.107. The van der Waals surface area contributed by atoms with Crippen LogP contribution in [0.3, 0.4) is 0 Å². The zero-order valence-corrected chi connectivity index (χ0v) is 16.7. The molecule has 3 aromatic rings. The first-order chi connectivity index (χ1) is 14.2. The number of likely N-dealkylation sites (tertiary alicyclic amines) is 1. The molecule has 0 unspecified atom stereocenters. The third kappa shape index (κ3) is 3.36. The van der Waals surface area contributed by atoms with Crippen molar-refractivity contribution in [3.63, 3.8) is 0 Å². The van der Waals surface area contributed by atoms with Gasteiger partial charge in [-0.05, 0) is 41.8 Å². The summed E-state index contributed by atoms with van der Waals surface area (Å²) in [6.07, 6.45) is 4.92. The number of fused-ring (bicyclic) bond motifs is 3. The van der Waals surface area contributed by atoms with E-state index in [1.165, 1.54) is 11.1 Å². The van der Waals surface area contributed by atoms with Crippen molar-refractivity contribution in [2.45, 2.75) is 38.5 Å². The molecular formula is C24H26N4O. The molecule has 1 amide bonds. The van der Waals surface area contributed by atoms with Crippen molar-refractivity contribution in [1.82, 2.24) is 19.4 Å². The quantitative estimate of drug-likeness (QED) is 0.674. The van der Waals surface area contributed by atoms with Crippen LogP contribution in [0.5, 0.6) is 0 Å². The normalized spacial score (nSPS) is 21.3. The number of amides is 1. The van der Waals surface area contributed by atoms with Crippen molar-refractivity contribution >= 4 is 5.91 Å². The van der Waals surface area contributed by atoms with Gasteiger partial charge in [0.1, 0.15) is 5.69 Å². The van der Waals surface area contributed by atoms with E-state index in [-0.39, 0.29) is 18.0 Å². The van der Waals surface area contributed by atoms with Gasteiger partial charge in [0.05, 0.1) is 24.3 Å². The maximum Gasteiger partial charge on any atom is 0.271 e. The predicted octanol–water partition coefficient (Wildman–Crippen LogP) is 3.53. The topological polar surface area (TPSA) is 41.4 Å². The van der Waals surface area contributed by atoms with Crippen molar-refractivity contribution in [2.24, 2.45) is 0 Å². The number of aryl methyl sites for hydroxylation is 1. The summed E-state index contributed by atoms with van der Waals surface area (Å²) in [6, 6.07) is 19.2. The van der Waals surface area contributed by atoms with E-state index in [1.807, 2.05) is 35.2 Å². The van der Waals surface area contributed by atoms with Crippen molar-refractivity contribution in [2.75, 3.05) is 13.1 Å². The van der Waals surface area contributed by atoms with Crippen LogP contribution in [0, 0.1) is 0 Å². The predicted molar refractivity (Wildman–Crippen MR) is 112 cm³/mol. The number of hydrogen-bond donors (Lipinski definition) is 0. The smallest absolute Gasteiger partial charge is 0.271 e. The molecule has 0 saturated carbocycles. The van der Waals surface area contributed by atoms with Gasteiger partial charge in [-0.3, -0.25) is 14.7 Å². The zero-order chi connectivity index (χ0) is 19.8. The Labute approximate surface area is 171 Å². The van der Waals surface area contributed by atoms with Gasteiger partial charge in [0.25, 0.3) is 5.91 Å². The summed E-state index contributed by atoms with van der Waals surface area (Å²) < 4.78 is 2.18. The molecule has 4 heterocycles. The molecule has 0 N–H and O–H groups in total. The van der Waals surface area contributed by atoms with Crippen LogP contribution in [0.4, 0.5) is 0 Å². The molecule has 1 fully saturated rings. The summed E-state index contributed by atoms with van der Waals surface area (Å²) in [5.41, 5.74) is 4.42. The lowest BCUT2D eigenvalue weighted by atomic mass is 10.1. The summed E-state index contributed by atoms with van der Waals surface area (Å²) in [5, 5.41) is 0. The monoisotopic (exact) mass is 386 g/mol. The average Bonchev–Trinajstić information content (AvgIpc) is 3.40. The van der Waals surface area contributed by atoms with Crippen LogP contribution in [0.25, 0.3) is 0 Å². The fourth-order valence-corrected chi connectivity index (χ4v) is 4.71. The first-order valence-corrected chi connectivity index (χ1v) is 10.4. The number of nitrogens with zero attached hydrogens (tertiary/aromatic N) is 4. The molecule has 5 heteroatoms. The molecule has 5 nitrogen and oxygen atoms in total. The molecule has 0 spiro atoms. The van der Waals surface area contributed by atoms with Gasteiger partial charge in [-0.15, -0.1) is 0 Å². The van der Waals surface area contributed by atoms with Gasteiger partial charge < -0.3 is 9.47 Å². The van der Waals surface area contributed by atoms with Crippen LogP contribution in [0.15, 0.2) is 67.0 Å². The van der Waals surface area contributed by atoms with E-state index < -0.39 is 0 Å². The van der Waals surface area contributed by atoms with E-state index in [1.54, 1.807) is 6.20 Å². The van der Waals surface area contributed by atoms with Crippen molar-refractivity contribution < 1.29 is 4.79 Å². The number of carbonyl (C=O) groups is 1. The second-order valence-electron chi connectivity index (χ2n) is 8.05. The highest BCUT2D eigenvalue weighted by molar-refractivity contribution is 5.94. The highest BCUT2D eigenvalue weighted by Crippen LogP contribution is 2.35. The van der Waals surface area contributed by atoms with Crippen LogP contribution in [-0.4, -0.2) is 44.4 Å². The van der Waals surface area contributed by atoms with Crippen LogP contribution in [0.1, 0.15) is 40.3 Å². The second kappa shape index (κ2) is 7.48. The second-order valence-corrected chi connectivity index (χ2v) is 8.05. The number of rotatable bonds is 5. The molecule has 148 valence electrons. The molecule has 2 aliphatic rings. The highest BCUT2D eigenvalue weighted by Gasteiger charge is 2.44. The number of benzene rings is 1. The Bertz CT molecular complexity index is 995. The zero-order valence-electron chi connectivity index (χ0n) is 16.7. The van der Waals surface area contributed by atoms with E-state index in [9.17, 15) is 4.79 Å². The van der Waals surface area contributed by atoms with Crippen molar-refractivity contribution in [1.29, 1.82) is 0 Å². The van der Waals surface area contributed by atoms with Gasteiger partial charge >= 0.3 is 0 Å². The molecule has 0 aliphatic carbocycles. The first-order valence-electron chi connectivity index (χ1n) is 10.4. The fourth-order valence-electron chi connectivity index (χ4n) is 4.71. The standard InChI is InChI=1S/C24H26N4O/c1-2-18-8-10-19(11-9-18)14-26-16-22-23(17-26)28(15-20-6-3-4-12-25-20)24(29)21-7-5-13-27(21)22/h3-13,22-23H,2,14-17H2,1H3/t22-,23+/m0/s1. The van der Waals surface area contributed by atoms with Gasteiger partial charge in [0, 0.05) is 32.0 Å². The molecule has 1 saturated heterocycles. The summed E-state index contributed by atoms with van der Waals surface area (Å²) in [7, 11) is 0. The Balaban J connectivity index is 1.40. The Morgan fingerprint density at radius 3 is 2.48 bits per heavy atom. The molecule has 5 rings (SSSR count). The Kier molecular flexibility index (Phi) is 4.68. The minimum absolute atomic E-state index is 0.107. The molecular weight excluding hydrogens is 360 g/mol. The Morgan fingerprint density at radius 2 is 1.72 bits per heavy atom. The summed E-state index contributed by atoms with van der Waals surface area (Å²) >= 11 is 0. The lowest BCUT2D eigenvalue weighted by Gasteiger charge is -2.38. The number of hydrogen-bond acceptors (Lipinski definition) is 3. The molecule has 2 atom stereocenters. The van der Waals surface area contributed by atoms with Gasteiger partial charge in [-0.1, -0.05) is 37.3 Å². The third-order valence-electron chi connectivity index (χ3n) is 6.25. The lowest BCUT2D eigenvalue weighted by molar-refractivity contribution is 0.0553. The van der Waals surface area contributed by atoms with Crippen LogP contribution >= 0.6 is 0 Å². The molecule has 2 aromatic heterocycles. The number of aromatic nitrogens is 2. The van der Waals surface area contributed by atoms with Crippen molar-refractivity contribution in [3.8, 4) is 0 Å². The minimum Gasteiger partial charge on any atom is -0.337 e. The van der Waals surface area contributed by atoms with Crippen molar-refractivity contribution in [3.05, 3.63) is 89.5 Å². The molecule has 29 heavy (non-hydrogen) atoms. The first kappa shape index (κ1) is 18.1. The highest BCUT2D eigenvalue weighted by atomic mass is 16.2. The maximum absolute atomic E-state index is 13.2. The molecule has 0 radical (unpaired) electrons. The maximum atomic E-state index is 13.2. The number of carbonyl (C=O) groups excluding carboxylic acids is 1. The van der Waals surface area contributed by atoms with E-state index in [4.69, 9.17) is 0 Å². The van der Waals surface area contributed by atoms with Gasteiger partial charge in [0.2, 0.25) is 0 Å². The van der Waals surface area contributed by atoms with Gasteiger partial charge in [-0.25, -0.2) is 0 Å². The van der Waals surface area contributed by atoms with E-state index in [0.717, 1.165) is 37.4 Å². The largest absolute Gasteiger partial charge is 0.337 e. The fraction of sp³-hybridized carbons (Fsp3) is 0.333. The molecule has 2 aliphatic heterocycles. The van der Waals surface area contributed by atoms with Crippen LogP contribution in [0.2, 0.25) is 0 Å². The summed E-state index contributed by atoms with van der Waals surface area (Å²) in [4.78, 5) is 22.2.